The molecule has 1 aliphatic rings. The molecule has 1 fully saturated rings. The van der Waals surface area contributed by atoms with Crippen molar-refractivity contribution in [3.05, 3.63) is 59.7 Å². The van der Waals surface area contributed by atoms with Crippen molar-refractivity contribution in [2.45, 2.75) is 44.0 Å². The van der Waals surface area contributed by atoms with Crippen LogP contribution in [-0.4, -0.2) is 49.8 Å². The summed E-state index contributed by atoms with van der Waals surface area (Å²) in [4.78, 5) is 36.9. The molecule has 3 amide bonds. The highest BCUT2D eigenvalue weighted by Crippen LogP contribution is 2.26. The highest BCUT2D eigenvalue weighted by Gasteiger charge is 2.38. The van der Waals surface area contributed by atoms with E-state index in [0.717, 1.165) is 15.4 Å². The number of benzene rings is 2. The van der Waals surface area contributed by atoms with Gasteiger partial charge in [-0.2, -0.15) is 4.31 Å². The maximum Gasteiger partial charge on any atom is 0.325 e. The minimum absolute atomic E-state index is 0.0885. The Morgan fingerprint density at radius 1 is 1.03 bits per heavy atom. The zero-order valence-electron chi connectivity index (χ0n) is 18.5. The van der Waals surface area contributed by atoms with Crippen molar-refractivity contribution in [2.24, 2.45) is 0 Å². The second-order valence-electron chi connectivity index (χ2n) is 7.80. The van der Waals surface area contributed by atoms with Gasteiger partial charge >= 0.3 is 12.0 Å². The van der Waals surface area contributed by atoms with E-state index in [1.807, 2.05) is 19.9 Å². The van der Waals surface area contributed by atoms with Gasteiger partial charge < -0.3 is 10.1 Å². The Morgan fingerprint density at radius 2 is 1.76 bits per heavy atom. The van der Waals surface area contributed by atoms with Crippen LogP contribution < -0.4 is 10.6 Å². The number of esters is 1. The van der Waals surface area contributed by atoms with E-state index >= 15 is 0 Å². The predicted molar refractivity (Wildman–Crippen MR) is 122 cm³/mol. The number of amides is 3. The van der Waals surface area contributed by atoms with Crippen LogP contribution in [0, 0.1) is 13.8 Å². The summed E-state index contributed by atoms with van der Waals surface area (Å²) in [6.45, 7) is 3.22. The fourth-order valence-electron chi connectivity index (χ4n) is 3.59. The molecule has 1 heterocycles. The topological polar surface area (TPSA) is 122 Å². The number of carbonyl (C=O) groups is 3. The van der Waals surface area contributed by atoms with Crippen LogP contribution in [0.1, 0.15) is 30.4 Å². The van der Waals surface area contributed by atoms with Gasteiger partial charge in [0.2, 0.25) is 10.0 Å². The van der Waals surface area contributed by atoms with Crippen molar-refractivity contribution < 1.29 is 27.5 Å². The Hall–Kier alpha value is -3.24. The molecule has 0 bridgehead atoms. The highest BCUT2D eigenvalue weighted by atomic mass is 32.2. The number of carbonyl (C=O) groups excluding carboxylic acids is 3. The quantitative estimate of drug-likeness (QED) is 0.622. The number of hydrogen-bond acceptors (Lipinski definition) is 6. The summed E-state index contributed by atoms with van der Waals surface area (Å²) in [6, 6.07) is 11.5. The van der Waals surface area contributed by atoms with Gasteiger partial charge in [-0.1, -0.05) is 30.3 Å². The molecule has 0 aliphatic carbocycles. The molecule has 33 heavy (non-hydrogen) atoms. The number of rotatable bonds is 6. The van der Waals surface area contributed by atoms with Gasteiger partial charge in [-0.3, -0.25) is 14.9 Å². The van der Waals surface area contributed by atoms with Crippen molar-refractivity contribution in [3.8, 4) is 0 Å². The molecular formula is C23H27N3O6S. The minimum Gasteiger partial charge on any atom is -0.454 e. The Bertz CT molecular complexity index is 1130. The van der Waals surface area contributed by atoms with E-state index in [0.29, 0.717) is 24.9 Å². The molecule has 2 N–H and O–H groups in total. The lowest BCUT2D eigenvalue weighted by molar-refractivity contribution is -0.152. The normalized spacial score (nSPS) is 16.6. The molecule has 9 nitrogen and oxygen atoms in total. The second-order valence-corrected chi connectivity index (χ2v) is 9.69. The number of sulfonamides is 1. The van der Waals surface area contributed by atoms with E-state index in [-0.39, 0.29) is 11.4 Å². The largest absolute Gasteiger partial charge is 0.454 e. The molecule has 0 saturated carbocycles. The van der Waals surface area contributed by atoms with E-state index in [2.05, 4.69) is 10.6 Å². The molecule has 1 aliphatic heterocycles. The number of urea groups is 1. The lowest BCUT2D eigenvalue weighted by Crippen LogP contribution is -2.49. The number of nitrogens with zero attached hydrogens (tertiary/aromatic N) is 1. The summed E-state index contributed by atoms with van der Waals surface area (Å²) < 4.78 is 32.2. The van der Waals surface area contributed by atoms with Crippen LogP contribution in [0.25, 0.3) is 0 Å². The molecule has 2 aromatic carbocycles. The number of anilines is 1. The number of imide groups is 1. The first kappa shape index (κ1) is 24.4. The molecule has 0 aromatic heterocycles. The molecule has 3 rings (SSSR count). The van der Waals surface area contributed by atoms with Crippen LogP contribution in [0.2, 0.25) is 0 Å². The van der Waals surface area contributed by atoms with Crippen LogP contribution in [0.5, 0.6) is 0 Å². The third-order valence-electron chi connectivity index (χ3n) is 5.53. The third-order valence-corrected chi connectivity index (χ3v) is 7.45. The summed E-state index contributed by atoms with van der Waals surface area (Å²) in [6.07, 6.45) is 1.57. The maximum atomic E-state index is 13.0. The minimum atomic E-state index is -3.89. The molecule has 1 unspecified atom stereocenters. The van der Waals surface area contributed by atoms with E-state index in [1.54, 1.807) is 30.3 Å². The summed E-state index contributed by atoms with van der Waals surface area (Å²) in [5.74, 6) is -1.64. The molecule has 0 radical (unpaired) electrons. The lowest BCUT2D eigenvalue weighted by Gasteiger charge is -2.32. The van der Waals surface area contributed by atoms with Crippen molar-refractivity contribution in [1.82, 2.24) is 9.62 Å². The van der Waals surface area contributed by atoms with Crippen LogP contribution in [0.4, 0.5) is 10.5 Å². The molecule has 0 spiro atoms. The molecule has 176 valence electrons. The van der Waals surface area contributed by atoms with Crippen LogP contribution >= 0.6 is 0 Å². The number of hydrogen-bond donors (Lipinski definition) is 2. The summed E-state index contributed by atoms with van der Waals surface area (Å²) in [5.41, 5.74) is 2.40. The highest BCUT2D eigenvalue weighted by molar-refractivity contribution is 7.89. The summed E-state index contributed by atoms with van der Waals surface area (Å²) >= 11 is 0. The number of piperidine rings is 1. The number of ether oxygens (including phenoxy) is 1. The average Bonchev–Trinajstić information content (AvgIpc) is 2.81. The second kappa shape index (κ2) is 10.6. The van der Waals surface area contributed by atoms with Crippen LogP contribution in [0.3, 0.4) is 0 Å². The van der Waals surface area contributed by atoms with Gasteiger partial charge in [0.1, 0.15) is 6.04 Å². The van der Waals surface area contributed by atoms with Crippen molar-refractivity contribution in [3.63, 3.8) is 0 Å². The Kier molecular flexibility index (Phi) is 7.83. The first-order valence-corrected chi connectivity index (χ1v) is 12.0. The first-order chi connectivity index (χ1) is 15.7. The number of nitrogens with one attached hydrogen (secondary N) is 2. The maximum absolute atomic E-state index is 13.0. The van der Waals surface area contributed by atoms with Crippen molar-refractivity contribution >= 4 is 33.6 Å². The van der Waals surface area contributed by atoms with E-state index in [1.165, 1.54) is 12.1 Å². The summed E-state index contributed by atoms with van der Waals surface area (Å²) in [7, 11) is -3.89. The Morgan fingerprint density at radius 3 is 2.48 bits per heavy atom. The number of aryl methyl sites for hydroxylation is 1. The van der Waals surface area contributed by atoms with Gasteiger partial charge in [-0.25, -0.2) is 13.2 Å². The molecular weight excluding hydrogens is 446 g/mol. The van der Waals surface area contributed by atoms with E-state index in [4.69, 9.17) is 4.74 Å². The SMILES string of the molecule is Cc1cccc(NC(=O)NC(=O)COC(=O)C2CCCCN2S(=O)(=O)c2ccccc2)c1C. The molecule has 1 atom stereocenters. The predicted octanol–water partition coefficient (Wildman–Crippen LogP) is 2.74. The van der Waals surface area contributed by atoms with Crippen LogP contribution in [-0.2, 0) is 24.3 Å². The fraction of sp³-hybridized carbons (Fsp3) is 0.348. The van der Waals surface area contributed by atoms with Crippen molar-refractivity contribution in [2.75, 3.05) is 18.5 Å². The fourth-order valence-corrected chi connectivity index (χ4v) is 5.26. The Labute approximate surface area is 193 Å². The van der Waals surface area contributed by atoms with Crippen molar-refractivity contribution in [1.29, 1.82) is 0 Å². The van der Waals surface area contributed by atoms with Gasteiger partial charge in [0.25, 0.3) is 5.91 Å². The van der Waals surface area contributed by atoms with Gasteiger partial charge in [-0.15, -0.1) is 0 Å². The zero-order chi connectivity index (χ0) is 24.0. The third kappa shape index (κ3) is 5.96. The van der Waals surface area contributed by atoms with Gasteiger partial charge in [0.05, 0.1) is 4.90 Å². The van der Waals surface area contributed by atoms with E-state index in [9.17, 15) is 22.8 Å². The zero-order valence-corrected chi connectivity index (χ0v) is 19.4. The monoisotopic (exact) mass is 473 g/mol. The molecule has 1 saturated heterocycles. The van der Waals surface area contributed by atoms with Gasteiger partial charge in [0.15, 0.2) is 6.61 Å². The van der Waals surface area contributed by atoms with Crippen LogP contribution in [0.15, 0.2) is 53.4 Å². The first-order valence-electron chi connectivity index (χ1n) is 10.6. The lowest BCUT2D eigenvalue weighted by atomic mass is 10.1. The van der Waals surface area contributed by atoms with E-state index < -0.39 is 40.6 Å². The standard InChI is InChI=1S/C23H27N3O6S/c1-16-9-8-12-19(17(16)2)24-23(29)25-21(27)15-32-22(28)20-13-6-7-14-26(20)33(30,31)18-10-4-3-5-11-18/h3-5,8-12,20H,6-7,13-15H2,1-2H3,(H2,24,25,27,29). The summed E-state index contributed by atoms with van der Waals surface area (Å²) in [5, 5.41) is 4.68. The average molecular weight is 474 g/mol. The Balaban J connectivity index is 1.58. The smallest absolute Gasteiger partial charge is 0.325 e. The van der Waals surface area contributed by atoms with Gasteiger partial charge in [0, 0.05) is 12.2 Å². The van der Waals surface area contributed by atoms with Gasteiger partial charge in [-0.05, 0) is 62.4 Å². The molecule has 2 aromatic rings. The molecule has 10 heteroatoms.